The third kappa shape index (κ3) is 3.82. The monoisotopic (exact) mass is 395 g/mol. The summed E-state index contributed by atoms with van der Waals surface area (Å²) in [6.07, 6.45) is -0.455. The van der Waals surface area contributed by atoms with E-state index in [1.807, 2.05) is 19.2 Å². The van der Waals surface area contributed by atoms with E-state index < -0.39 is 6.10 Å². The lowest BCUT2D eigenvalue weighted by Crippen LogP contribution is -2.30. The van der Waals surface area contributed by atoms with E-state index >= 15 is 0 Å². The predicted molar refractivity (Wildman–Crippen MR) is 121 cm³/mol. The summed E-state index contributed by atoms with van der Waals surface area (Å²) in [6, 6.07) is 29.6. The van der Waals surface area contributed by atoms with Gasteiger partial charge < -0.3 is 9.84 Å². The second kappa shape index (κ2) is 7.94. The molecule has 0 saturated heterocycles. The molecule has 150 valence electrons. The Morgan fingerprint density at radius 3 is 2.47 bits per heavy atom. The predicted octanol–water partition coefficient (Wildman–Crippen LogP) is 5.56. The third-order valence-electron chi connectivity index (χ3n) is 5.84. The lowest BCUT2D eigenvalue weighted by atomic mass is 9.97. The Hall–Kier alpha value is -3.14. The van der Waals surface area contributed by atoms with Crippen LogP contribution in [0.3, 0.4) is 0 Å². The number of β-amino-alcohol motifs (C(OH)–C–C–N with tert-alkyl or cyclic N) is 1. The van der Waals surface area contributed by atoms with E-state index in [4.69, 9.17) is 4.74 Å². The number of aliphatic hydroxyl groups excluding tert-OH is 1. The van der Waals surface area contributed by atoms with Gasteiger partial charge in [0.05, 0.1) is 6.10 Å². The number of hydrogen-bond donors (Lipinski definition) is 1. The zero-order valence-electron chi connectivity index (χ0n) is 17.1. The Morgan fingerprint density at radius 2 is 1.63 bits per heavy atom. The van der Waals surface area contributed by atoms with Crippen LogP contribution in [-0.4, -0.2) is 23.6 Å². The molecule has 0 unspecified atom stereocenters. The summed E-state index contributed by atoms with van der Waals surface area (Å²) in [5, 5.41) is 12.9. The Bertz CT molecular complexity index is 1180. The molecule has 0 spiro atoms. The number of benzene rings is 4. The molecule has 4 aromatic carbocycles. The van der Waals surface area contributed by atoms with Gasteiger partial charge in [0, 0.05) is 13.1 Å². The molecule has 5 rings (SSSR count). The van der Waals surface area contributed by atoms with E-state index in [1.165, 1.54) is 27.5 Å². The van der Waals surface area contributed by atoms with Crippen molar-refractivity contribution in [3.05, 3.63) is 102 Å². The summed E-state index contributed by atoms with van der Waals surface area (Å²) in [7, 11) is 2.03. The van der Waals surface area contributed by atoms with Crippen molar-refractivity contribution >= 4 is 10.8 Å². The molecule has 1 N–H and O–H groups in total. The van der Waals surface area contributed by atoms with E-state index in [0.717, 1.165) is 23.4 Å². The van der Waals surface area contributed by atoms with Crippen LogP contribution >= 0.6 is 0 Å². The molecule has 0 aliphatic carbocycles. The van der Waals surface area contributed by atoms with Crippen LogP contribution < -0.4 is 4.74 Å². The van der Waals surface area contributed by atoms with Crippen molar-refractivity contribution in [3.8, 4) is 16.9 Å². The number of nitrogens with zero attached hydrogens (tertiary/aromatic N) is 1. The first-order valence-electron chi connectivity index (χ1n) is 10.4. The number of aliphatic hydroxyl groups is 1. The van der Waals surface area contributed by atoms with Crippen LogP contribution in [0.2, 0.25) is 0 Å². The third-order valence-corrected chi connectivity index (χ3v) is 5.84. The van der Waals surface area contributed by atoms with E-state index in [9.17, 15) is 5.11 Å². The normalized spacial score (nSPS) is 16.4. The fourth-order valence-electron chi connectivity index (χ4n) is 4.19. The zero-order chi connectivity index (χ0) is 20.5. The van der Waals surface area contributed by atoms with E-state index in [1.54, 1.807) is 0 Å². The van der Waals surface area contributed by atoms with Crippen molar-refractivity contribution in [3.63, 3.8) is 0 Å². The molecule has 30 heavy (non-hydrogen) atoms. The lowest BCUT2D eigenvalue weighted by Gasteiger charge is -2.29. The molecule has 0 fully saturated rings. The molecule has 0 radical (unpaired) electrons. The summed E-state index contributed by atoms with van der Waals surface area (Å²) in [4.78, 5) is 2.13. The molecule has 3 heteroatoms. The fraction of sp³-hybridized carbons (Fsp3) is 0.185. The van der Waals surface area contributed by atoms with Crippen LogP contribution in [-0.2, 0) is 13.2 Å². The second-order valence-electron chi connectivity index (χ2n) is 8.12. The van der Waals surface area contributed by atoms with Crippen LogP contribution in [0.15, 0.2) is 84.9 Å². The average Bonchev–Trinajstić information content (AvgIpc) is 2.78. The van der Waals surface area contributed by atoms with Crippen molar-refractivity contribution in [2.24, 2.45) is 0 Å². The quantitative estimate of drug-likeness (QED) is 0.491. The molecule has 1 aliphatic rings. The van der Waals surface area contributed by atoms with Gasteiger partial charge in [-0.1, -0.05) is 66.7 Å². The maximum absolute atomic E-state index is 10.3. The standard InChI is InChI=1S/C27H25NO2/c1-28-16-24-12-13-25(15-26(24)27(29)17-28)30-18-19-6-8-21(9-7-19)23-11-10-20-4-2-3-5-22(20)14-23/h2-15,27,29H,16-18H2,1H3/t27-/m0/s1. The summed E-state index contributed by atoms with van der Waals surface area (Å²) < 4.78 is 6.01. The highest BCUT2D eigenvalue weighted by molar-refractivity contribution is 5.87. The van der Waals surface area contributed by atoms with Gasteiger partial charge in [-0.3, -0.25) is 4.90 Å². The van der Waals surface area contributed by atoms with Crippen molar-refractivity contribution in [2.75, 3.05) is 13.6 Å². The number of hydrogen-bond acceptors (Lipinski definition) is 3. The van der Waals surface area contributed by atoms with E-state index in [2.05, 4.69) is 77.7 Å². The minimum absolute atomic E-state index is 0.455. The summed E-state index contributed by atoms with van der Waals surface area (Å²) in [5.74, 6) is 0.802. The van der Waals surface area contributed by atoms with E-state index in [-0.39, 0.29) is 0 Å². The van der Waals surface area contributed by atoms with Gasteiger partial charge >= 0.3 is 0 Å². The first-order valence-corrected chi connectivity index (χ1v) is 10.4. The Morgan fingerprint density at radius 1 is 0.867 bits per heavy atom. The van der Waals surface area contributed by atoms with Gasteiger partial charge in [-0.25, -0.2) is 0 Å². The first kappa shape index (κ1) is 18.9. The van der Waals surface area contributed by atoms with Crippen molar-refractivity contribution in [1.82, 2.24) is 4.90 Å². The first-order chi connectivity index (χ1) is 14.7. The number of rotatable bonds is 4. The Kier molecular flexibility index (Phi) is 4.99. The molecule has 3 nitrogen and oxygen atoms in total. The maximum atomic E-state index is 10.3. The lowest BCUT2D eigenvalue weighted by molar-refractivity contribution is 0.107. The van der Waals surface area contributed by atoms with Crippen LogP contribution in [0.25, 0.3) is 21.9 Å². The molecule has 0 bridgehead atoms. The van der Waals surface area contributed by atoms with Crippen molar-refractivity contribution in [2.45, 2.75) is 19.3 Å². The smallest absolute Gasteiger partial charge is 0.120 e. The van der Waals surface area contributed by atoms with Gasteiger partial charge in [-0.05, 0) is 63.8 Å². The van der Waals surface area contributed by atoms with Crippen LogP contribution in [0.5, 0.6) is 5.75 Å². The van der Waals surface area contributed by atoms with Gasteiger partial charge in [-0.2, -0.15) is 0 Å². The number of likely N-dealkylation sites (N-methyl/N-ethyl adjacent to an activating group) is 1. The topological polar surface area (TPSA) is 32.7 Å². The molecular weight excluding hydrogens is 370 g/mol. The Labute approximate surface area is 177 Å². The summed E-state index contributed by atoms with van der Waals surface area (Å²) >= 11 is 0. The highest BCUT2D eigenvalue weighted by atomic mass is 16.5. The zero-order valence-corrected chi connectivity index (χ0v) is 17.1. The van der Waals surface area contributed by atoms with Crippen molar-refractivity contribution < 1.29 is 9.84 Å². The van der Waals surface area contributed by atoms with Crippen LogP contribution in [0.4, 0.5) is 0 Å². The molecule has 0 amide bonds. The minimum atomic E-state index is -0.455. The van der Waals surface area contributed by atoms with Crippen molar-refractivity contribution in [1.29, 1.82) is 0 Å². The molecule has 0 aromatic heterocycles. The highest BCUT2D eigenvalue weighted by Gasteiger charge is 2.21. The Balaban J connectivity index is 1.29. The summed E-state index contributed by atoms with van der Waals surface area (Å²) in [5.41, 5.74) is 5.69. The highest BCUT2D eigenvalue weighted by Crippen LogP contribution is 2.30. The van der Waals surface area contributed by atoms with Gasteiger partial charge in [0.25, 0.3) is 0 Å². The average molecular weight is 396 g/mol. The molecule has 1 heterocycles. The van der Waals surface area contributed by atoms with Gasteiger partial charge in [0.1, 0.15) is 12.4 Å². The molecular formula is C27H25NO2. The van der Waals surface area contributed by atoms with Crippen LogP contribution in [0.1, 0.15) is 22.8 Å². The molecule has 4 aromatic rings. The molecule has 0 saturated carbocycles. The SMILES string of the molecule is CN1Cc2ccc(OCc3ccc(-c4ccc5ccccc5c4)cc3)cc2[C@@H](O)C1. The molecule has 1 aliphatic heterocycles. The maximum Gasteiger partial charge on any atom is 0.120 e. The number of ether oxygens (including phenoxy) is 1. The van der Waals surface area contributed by atoms with Crippen LogP contribution in [0, 0.1) is 0 Å². The van der Waals surface area contributed by atoms with Gasteiger partial charge in [0.2, 0.25) is 0 Å². The minimum Gasteiger partial charge on any atom is -0.489 e. The largest absolute Gasteiger partial charge is 0.489 e. The fourth-order valence-corrected chi connectivity index (χ4v) is 4.19. The van der Waals surface area contributed by atoms with Gasteiger partial charge in [-0.15, -0.1) is 0 Å². The number of fused-ring (bicyclic) bond motifs is 2. The van der Waals surface area contributed by atoms with Gasteiger partial charge in [0.15, 0.2) is 0 Å². The van der Waals surface area contributed by atoms with E-state index in [0.29, 0.717) is 13.2 Å². The molecule has 1 atom stereocenters. The summed E-state index contributed by atoms with van der Waals surface area (Å²) in [6.45, 7) is 2.03. The second-order valence-corrected chi connectivity index (χ2v) is 8.12.